The van der Waals surface area contributed by atoms with Crippen LogP contribution in [-0.2, 0) is 17.8 Å². The van der Waals surface area contributed by atoms with Crippen LogP contribution < -0.4 is 16.4 Å². The van der Waals surface area contributed by atoms with E-state index in [1.165, 1.54) is 12.1 Å². The maximum Gasteiger partial charge on any atom is 0.317 e. The number of aromatic nitrogens is 2. The van der Waals surface area contributed by atoms with Crippen LogP contribution in [0.3, 0.4) is 0 Å². The van der Waals surface area contributed by atoms with Gasteiger partial charge in [0.05, 0.1) is 11.0 Å². The Balaban J connectivity index is 1.76. The number of benzene rings is 2. The summed E-state index contributed by atoms with van der Waals surface area (Å²) >= 11 is 0. The number of rotatable bonds is 5. The molecule has 0 unspecified atom stereocenters. The third-order valence-electron chi connectivity index (χ3n) is 3.82. The van der Waals surface area contributed by atoms with Crippen LogP contribution in [0.15, 0.2) is 58.1 Å². The molecule has 128 valence electrons. The average molecular weight is 341 g/mol. The van der Waals surface area contributed by atoms with Gasteiger partial charge in [0.2, 0.25) is 5.91 Å². The molecule has 2 N–H and O–H groups in total. The van der Waals surface area contributed by atoms with Crippen LogP contribution in [0.4, 0.5) is 4.39 Å². The average Bonchev–Trinajstić information content (AvgIpc) is 2.60. The molecule has 3 rings (SSSR count). The molecule has 1 amide bonds. The van der Waals surface area contributed by atoms with Crippen molar-refractivity contribution in [1.82, 2.24) is 14.9 Å². The molecule has 6 nitrogen and oxygen atoms in total. The molecule has 0 saturated carbocycles. The molecule has 0 atom stereocenters. The summed E-state index contributed by atoms with van der Waals surface area (Å²) in [7, 11) is 0. The minimum absolute atomic E-state index is 0.168. The van der Waals surface area contributed by atoms with Gasteiger partial charge in [-0.05, 0) is 30.2 Å². The Morgan fingerprint density at radius 2 is 1.88 bits per heavy atom. The Labute approximate surface area is 141 Å². The highest BCUT2D eigenvalue weighted by molar-refractivity contribution is 5.80. The Morgan fingerprint density at radius 1 is 1.12 bits per heavy atom. The van der Waals surface area contributed by atoms with Crippen LogP contribution in [0.5, 0.6) is 0 Å². The number of H-pyrrole nitrogens is 1. The normalized spacial score (nSPS) is 10.8. The summed E-state index contributed by atoms with van der Waals surface area (Å²) in [4.78, 5) is 38.2. The number of nitrogens with one attached hydrogen (secondary N) is 2. The van der Waals surface area contributed by atoms with Gasteiger partial charge in [0.1, 0.15) is 12.4 Å². The van der Waals surface area contributed by atoms with Gasteiger partial charge in [0.15, 0.2) is 0 Å². The molecule has 1 heterocycles. The van der Waals surface area contributed by atoms with Crippen molar-refractivity contribution in [2.75, 3.05) is 6.54 Å². The number of amides is 1. The van der Waals surface area contributed by atoms with Crippen molar-refractivity contribution in [2.45, 2.75) is 13.0 Å². The first-order chi connectivity index (χ1) is 12.0. The predicted molar refractivity (Wildman–Crippen MR) is 91.9 cm³/mol. The highest BCUT2D eigenvalue weighted by Gasteiger charge is 2.11. The quantitative estimate of drug-likeness (QED) is 0.684. The summed E-state index contributed by atoms with van der Waals surface area (Å²) in [5.41, 5.74) is -0.199. The number of fused-ring (bicyclic) bond motifs is 1. The van der Waals surface area contributed by atoms with Crippen LogP contribution in [0.1, 0.15) is 5.56 Å². The maximum atomic E-state index is 13.3. The first-order valence-electron chi connectivity index (χ1n) is 7.77. The fourth-order valence-corrected chi connectivity index (χ4v) is 2.60. The van der Waals surface area contributed by atoms with E-state index in [1.807, 2.05) is 30.3 Å². The Morgan fingerprint density at radius 3 is 2.64 bits per heavy atom. The summed E-state index contributed by atoms with van der Waals surface area (Å²) in [6, 6.07) is 13.3. The van der Waals surface area contributed by atoms with Gasteiger partial charge in [0, 0.05) is 6.54 Å². The summed E-state index contributed by atoms with van der Waals surface area (Å²) in [5, 5.41) is 2.72. The molecular weight excluding hydrogens is 325 g/mol. The molecule has 0 bridgehead atoms. The molecule has 0 saturated heterocycles. The zero-order chi connectivity index (χ0) is 17.8. The Bertz CT molecular complexity index is 1030. The van der Waals surface area contributed by atoms with Crippen molar-refractivity contribution in [1.29, 1.82) is 0 Å². The van der Waals surface area contributed by atoms with Crippen LogP contribution in [0.2, 0.25) is 0 Å². The topological polar surface area (TPSA) is 84.0 Å². The van der Waals surface area contributed by atoms with Crippen molar-refractivity contribution >= 4 is 16.9 Å². The van der Waals surface area contributed by atoms with E-state index in [4.69, 9.17) is 0 Å². The molecule has 25 heavy (non-hydrogen) atoms. The van der Waals surface area contributed by atoms with Gasteiger partial charge in [-0.1, -0.05) is 30.3 Å². The smallest absolute Gasteiger partial charge is 0.317 e. The molecule has 2 aromatic carbocycles. The van der Waals surface area contributed by atoms with Crippen molar-refractivity contribution in [3.05, 3.63) is 80.6 Å². The van der Waals surface area contributed by atoms with E-state index in [1.54, 1.807) is 0 Å². The lowest BCUT2D eigenvalue weighted by Crippen LogP contribution is -2.40. The SMILES string of the molecule is O=C(Cn1c(=O)c(=O)[nH]c2cc(F)ccc21)NCCc1ccccc1. The highest BCUT2D eigenvalue weighted by Crippen LogP contribution is 2.10. The van der Waals surface area contributed by atoms with Gasteiger partial charge in [-0.3, -0.25) is 19.0 Å². The van der Waals surface area contributed by atoms with E-state index in [-0.39, 0.29) is 12.1 Å². The first kappa shape index (κ1) is 16.6. The maximum absolute atomic E-state index is 13.3. The molecule has 3 aromatic rings. The van der Waals surface area contributed by atoms with Gasteiger partial charge in [-0.25, -0.2) is 4.39 Å². The van der Waals surface area contributed by atoms with Crippen molar-refractivity contribution in [3.8, 4) is 0 Å². The minimum atomic E-state index is -0.893. The minimum Gasteiger partial charge on any atom is -0.354 e. The second-order valence-electron chi connectivity index (χ2n) is 5.59. The summed E-state index contributed by atoms with van der Waals surface area (Å²) in [6.07, 6.45) is 0.656. The van der Waals surface area contributed by atoms with Crippen LogP contribution in [0.25, 0.3) is 11.0 Å². The molecule has 0 fully saturated rings. The summed E-state index contributed by atoms with van der Waals surface area (Å²) in [6.45, 7) is 0.104. The van der Waals surface area contributed by atoms with Crippen molar-refractivity contribution in [2.24, 2.45) is 0 Å². The highest BCUT2D eigenvalue weighted by atomic mass is 19.1. The van der Waals surface area contributed by atoms with E-state index in [2.05, 4.69) is 10.3 Å². The van der Waals surface area contributed by atoms with Gasteiger partial charge in [0.25, 0.3) is 0 Å². The van der Waals surface area contributed by atoms with Crippen molar-refractivity contribution < 1.29 is 9.18 Å². The lowest BCUT2D eigenvalue weighted by atomic mass is 10.1. The molecule has 0 spiro atoms. The van der Waals surface area contributed by atoms with E-state index in [0.717, 1.165) is 16.2 Å². The Kier molecular flexibility index (Phi) is 4.74. The van der Waals surface area contributed by atoms with E-state index in [9.17, 15) is 18.8 Å². The summed E-state index contributed by atoms with van der Waals surface area (Å²) < 4.78 is 14.3. The molecule has 0 radical (unpaired) electrons. The molecule has 7 heteroatoms. The predicted octanol–water partition coefficient (Wildman–Crippen LogP) is 1.19. The van der Waals surface area contributed by atoms with Gasteiger partial charge in [-0.2, -0.15) is 0 Å². The number of nitrogens with zero attached hydrogens (tertiary/aromatic N) is 1. The number of halogens is 1. The van der Waals surface area contributed by atoms with E-state index >= 15 is 0 Å². The molecule has 0 aliphatic heterocycles. The standard InChI is InChI=1S/C18H16FN3O3/c19-13-6-7-15-14(10-13)21-17(24)18(25)22(15)11-16(23)20-9-8-12-4-2-1-3-5-12/h1-7,10H,8-9,11H2,(H,20,23)(H,21,24). The number of hydrogen-bond donors (Lipinski definition) is 2. The summed E-state index contributed by atoms with van der Waals surface area (Å²) in [5.74, 6) is -0.935. The number of carbonyl (C=O) groups excluding carboxylic acids is 1. The second-order valence-corrected chi connectivity index (χ2v) is 5.59. The van der Waals surface area contributed by atoms with E-state index < -0.39 is 22.8 Å². The lowest BCUT2D eigenvalue weighted by Gasteiger charge is -2.10. The molecule has 1 aromatic heterocycles. The van der Waals surface area contributed by atoms with Crippen molar-refractivity contribution in [3.63, 3.8) is 0 Å². The second kappa shape index (κ2) is 7.12. The fourth-order valence-electron chi connectivity index (χ4n) is 2.60. The monoisotopic (exact) mass is 341 g/mol. The third-order valence-corrected chi connectivity index (χ3v) is 3.82. The lowest BCUT2D eigenvalue weighted by molar-refractivity contribution is -0.121. The van der Waals surface area contributed by atoms with Crippen LogP contribution in [-0.4, -0.2) is 22.0 Å². The van der Waals surface area contributed by atoms with Crippen LogP contribution >= 0.6 is 0 Å². The number of carbonyl (C=O) groups is 1. The first-order valence-corrected chi connectivity index (χ1v) is 7.77. The molecule has 0 aliphatic rings. The zero-order valence-corrected chi connectivity index (χ0v) is 13.3. The van der Waals surface area contributed by atoms with Gasteiger partial charge in [-0.15, -0.1) is 0 Å². The number of hydrogen-bond acceptors (Lipinski definition) is 3. The largest absolute Gasteiger partial charge is 0.354 e. The molecular formula is C18H16FN3O3. The van der Waals surface area contributed by atoms with Gasteiger partial charge < -0.3 is 10.3 Å². The van der Waals surface area contributed by atoms with E-state index in [0.29, 0.717) is 18.5 Å². The fraction of sp³-hybridized carbons (Fsp3) is 0.167. The number of aromatic amines is 1. The molecule has 0 aliphatic carbocycles. The van der Waals surface area contributed by atoms with Gasteiger partial charge >= 0.3 is 11.1 Å². The van der Waals surface area contributed by atoms with Crippen LogP contribution in [0, 0.1) is 5.82 Å². The third kappa shape index (κ3) is 3.82. The Hall–Kier alpha value is -3.22. The zero-order valence-electron chi connectivity index (χ0n) is 13.3.